The highest BCUT2D eigenvalue weighted by Crippen LogP contribution is 2.28. The molecule has 104 valence electrons. The molecule has 1 saturated heterocycles. The summed E-state index contributed by atoms with van der Waals surface area (Å²) in [5.41, 5.74) is -1.15. The summed E-state index contributed by atoms with van der Waals surface area (Å²) in [5.74, 6) is -0.0859. The van der Waals surface area contributed by atoms with Gasteiger partial charge in [-0.1, -0.05) is 5.16 Å². The highest BCUT2D eigenvalue weighted by atomic mass is 32.2. The quantitative estimate of drug-likeness (QED) is 0.813. The van der Waals surface area contributed by atoms with Crippen LogP contribution in [-0.4, -0.2) is 46.3 Å². The highest BCUT2D eigenvalue weighted by molar-refractivity contribution is 7.99. The van der Waals surface area contributed by atoms with Gasteiger partial charge in [-0.25, -0.2) is 4.79 Å². The lowest BCUT2D eigenvalue weighted by atomic mass is 9.99. The van der Waals surface area contributed by atoms with Crippen molar-refractivity contribution in [2.75, 3.05) is 18.6 Å². The van der Waals surface area contributed by atoms with E-state index in [1.165, 1.54) is 24.9 Å². The van der Waals surface area contributed by atoms with Crippen molar-refractivity contribution in [1.82, 2.24) is 10.5 Å². The van der Waals surface area contributed by atoms with E-state index in [4.69, 9.17) is 9.26 Å². The number of hydrogen-bond donors (Lipinski definition) is 2. The maximum atomic E-state index is 12.0. The molecule has 1 aliphatic rings. The maximum absolute atomic E-state index is 12.0. The van der Waals surface area contributed by atoms with Crippen LogP contribution in [0.4, 0.5) is 0 Å². The molecule has 1 aliphatic heterocycles. The van der Waals surface area contributed by atoms with Crippen LogP contribution in [-0.2, 0) is 16.1 Å². The molecule has 1 amide bonds. The number of rotatable bonds is 5. The minimum atomic E-state index is -1.21. The van der Waals surface area contributed by atoms with Crippen molar-refractivity contribution < 1.29 is 24.0 Å². The topological polar surface area (TPSA) is 102 Å². The molecule has 0 aromatic carbocycles. The van der Waals surface area contributed by atoms with E-state index in [0.29, 0.717) is 23.7 Å². The standard InChI is InChI=1S/C11H14N2O5S/c1-17-5-7-4-8(13-18-7)9(14)12-11(10(15)16)2-3-19-6-11/h4H,2-3,5-6H2,1H3,(H,12,14)(H,15,16). The average molecular weight is 286 g/mol. The highest BCUT2D eigenvalue weighted by Gasteiger charge is 2.43. The molecule has 0 aliphatic carbocycles. The molecule has 2 heterocycles. The fourth-order valence-corrected chi connectivity index (χ4v) is 3.12. The molecule has 0 radical (unpaired) electrons. The summed E-state index contributed by atoms with van der Waals surface area (Å²) in [7, 11) is 1.50. The van der Waals surface area contributed by atoms with Crippen LogP contribution in [0.2, 0.25) is 0 Å². The van der Waals surface area contributed by atoms with Gasteiger partial charge in [0.2, 0.25) is 0 Å². The first-order chi connectivity index (χ1) is 9.07. The maximum Gasteiger partial charge on any atom is 0.330 e. The van der Waals surface area contributed by atoms with Crippen molar-refractivity contribution in [3.05, 3.63) is 17.5 Å². The molecule has 0 spiro atoms. The Balaban J connectivity index is 2.08. The Bertz CT molecular complexity index is 481. The van der Waals surface area contributed by atoms with Crippen LogP contribution in [0.25, 0.3) is 0 Å². The number of carbonyl (C=O) groups excluding carboxylic acids is 1. The number of nitrogens with one attached hydrogen (secondary N) is 1. The molecule has 1 fully saturated rings. The molecule has 8 heteroatoms. The number of aliphatic carboxylic acids is 1. The lowest BCUT2D eigenvalue weighted by molar-refractivity contribution is -0.143. The SMILES string of the molecule is COCc1cc(C(=O)NC2(C(=O)O)CCSC2)no1. The minimum Gasteiger partial charge on any atom is -0.479 e. The Kier molecular flexibility index (Phi) is 4.11. The Labute approximate surface area is 113 Å². The van der Waals surface area contributed by atoms with Crippen molar-refractivity contribution in [3.63, 3.8) is 0 Å². The molecule has 0 saturated carbocycles. The molecular weight excluding hydrogens is 272 g/mol. The van der Waals surface area contributed by atoms with Gasteiger partial charge < -0.3 is 19.7 Å². The van der Waals surface area contributed by atoms with Crippen molar-refractivity contribution in [1.29, 1.82) is 0 Å². The van der Waals surface area contributed by atoms with E-state index in [0.717, 1.165) is 0 Å². The first-order valence-corrected chi connectivity index (χ1v) is 6.81. The van der Waals surface area contributed by atoms with E-state index in [9.17, 15) is 14.7 Å². The molecule has 2 rings (SSSR count). The van der Waals surface area contributed by atoms with Crippen LogP contribution >= 0.6 is 11.8 Å². The minimum absolute atomic E-state index is 0.0598. The summed E-state index contributed by atoms with van der Waals surface area (Å²) >= 11 is 1.50. The number of thioether (sulfide) groups is 1. The van der Waals surface area contributed by atoms with Crippen molar-refractivity contribution in [3.8, 4) is 0 Å². The normalized spacial score (nSPS) is 22.4. The number of ether oxygens (including phenoxy) is 1. The molecule has 1 atom stereocenters. The van der Waals surface area contributed by atoms with Crippen LogP contribution in [0.5, 0.6) is 0 Å². The number of methoxy groups -OCH3 is 1. The smallest absolute Gasteiger partial charge is 0.330 e. The Morgan fingerprint density at radius 2 is 2.47 bits per heavy atom. The van der Waals surface area contributed by atoms with E-state index >= 15 is 0 Å². The Morgan fingerprint density at radius 1 is 1.68 bits per heavy atom. The summed E-state index contributed by atoms with van der Waals surface area (Å²) < 4.78 is 9.75. The molecule has 7 nitrogen and oxygen atoms in total. The number of amides is 1. The summed E-state index contributed by atoms with van der Waals surface area (Å²) in [6.07, 6.45) is 0.404. The first kappa shape index (κ1) is 13.9. The van der Waals surface area contributed by atoms with Gasteiger partial charge in [-0.3, -0.25) is 4.79 Å². The van der Waals surface area contributed by atoms with Gasteiger partial charge in [-0.2, -0.15) is 11.8 Å². The second-order valence-corrected chi connectivity index (χ2v) is 5.36. The fraction of sp³-hybridized carbons (Fsp3) is 0.545. The molecule has 1 aromatic heterocycles. The molecule has 19 heavy (non-hydrogen) atoms. The Morgan fingerprint density at radius 3 is 3.05 bits per heavy atom. The van der Waals surface area contributed by atoms with Crippen LogP contribution in [0.1, 0.15) is 22.7 Å². The van der Waals surface area contributed by atoms with Crippen LogP contribution < -0.4 is 5.32 Å². The number of hydrogen-bond acceptors (Lipinski definition) is 6. The van der Waals surface area contributed by atoms with Crippen LogP contribution in [0.3, 0.4) is 0 Å². The van der Waals surface area contributed by atoms with Gasteiger partial charge in [0.1, 0.15) is 12.1 Å². The van der Waals surface area contributed by atoms with Gasteiger partial charge in [0.05, 0.1) is 0 Å². The number of carboxylic acid groups (broad SMARTS) is 1. The van der Waals surface area contributed by atoms with Crippen LogP contribution in [0.15, 0.2) is 10.6 Å². The zero-order chi connectivity index (χ0) is 13.9. The lowest BCUT2D eigenvalue weighted by Gasteiger charge is -2.23. The number of carbonyl (C=O) groups is 2. The molecule has 1 unspecified atom stereocenters. The number of nitrogens with zero attached hydrogens (tertiary/aromatic N) is 1. The average Bonchev–Trinajstić information content (AvgIpc) is 2.99. The Hall–Kier alpha value is -1.54. The summed E-state index contributed by atoms with van der Waals surface area (Å²) in [5, 5.41) is 15.4. The van der Waals surface area contributed by atoms with E-state index < -0.39 is 17.4 Å². The number of carboxylic acids is 1. The zero-order valence-electron chi connectivity index (χ0n) is 10.3. The molecule has 1 aromatic rings. The predicted molar refractivity (Wildman–Crippen MR) is 67.0 cm³/mol. The summed E-state index contributed by atoms with van der Waals surface area (Å²) in [4.78, 5) is 23.3. The summed E-state index contributed by atoms with van der Waals surface area (Å²) in [6.45, 7) is 0.209. The van der Waals surface area contributed by atoms with Gasteiger partial charge in [-0.15, -0.1) is 0 Å². The van der Waals surface area contributed by atoms with Crippen molar-refractivity contribution in [2.45, 2.75) is 18.6 Å². The van der Waals surface area contributed by atoms with Crippen LogP contribution in [0, 0.1) is 0 Å². The summed E-state index contributed by atoms with van der Waals surface area (Å²) in [6, 6.07) is 1.44. The van der Waals surface area contributed by atoms with Gasteiger partial charge in [0.15, 0.2) is 11.5 Å². The fourth-order valence-electron chi connectivity index (χ4n) is 1.80. The second kappa shape index (κ2) is 5.62. The second-order valence-electron chi connectivity index (χ2n) is 4.26. The van der Waals surface area contributed by atoms with Crippen molar-refractivity contribution in [2.24, 2.45) is 0 Å². The van der Waals surface area contributed by atoms with Crippen molar-refractivity contribution >= 4 is 23.6 Å². The third-order valence-corrected chi connectivity index (χ3v) is 4.05. The third-order valence-electron chi connectivity index (χ3n) is 2.86. The molecule has 2 N–H and O–H groups in total. The molecule has 0 bridgehead atoms. The van der Waals surface area contributed by atoms with E-state index in [1.54, 1.807) is 0 Å². The van der Waals surface area contributed by atoms with Gasteiger partial charge >= 0.3 is 5.97 Å². The van der Waals surface area contributed by atoms with Gasteiger partial charge in [0.25, 0.3) is 5.91 Å². The lowest BCUT2D eigenvalue weighted by Crippen LogP contribution is -2.54. The first-order valence-electron chi connectivity index (χ1n) is 5.65. The van der Waals surface area contributed by atoms with Gasteiger partial charge in [0, 0.05) is 18.9 Å². The van der Waals surface area contributed by atoms with E-state index in [-0.39, 0.29) is 12.3 Å². The monoisotopic (exact) mass is 286 g/mol. The zero-order valence-corrected chi connectivity index (χ0v) is 11.2. The third kappa shape index (κ3) is 2.90. The predicted octanol–water partition coefficient (Wildman–Crippen LogP) is 0.511. The largest absolute Gasteiger partial charge is 0.479 e. The van der Waals surface area contributed by atoms with E-state index in [1.807, 2.05) is 0 Å². The molecular formula is C11H14N2O5S. The van der Waals surface area contributed by atoms with E-state index in [2.05, 4.69) is 10.5 Å². The van der Waals surface area contributed by atoms with Gasteiger partial charge in [-0.05, 0) is 12.2 Å². The number of aromatic nitrogens is 1.